The molecule has 1 aliphatic heterocycles. The van der Waals surface area contributed by atoms with Gasteiger partial charge in [-0.1, -0.05) is 41.9 Å². The first kappa shape index (κ1) is 20.7. The van der Waals surface area contributed by atoms with E-state index in [0.717, 1.165) is 24.2 Å². The molecular formula is C21H25ClFN3O2. The highest BCUT2D eigenvalue weighted by atomic mass is 35.5. The number of nitrogens with zero attached hydrogens (tertiary/aromatic N) is 1. The Hall–Kier alpha value is -1.99. The number of benzene rings is 2. The van der Waals surface area contributed by atoms with Gasteiger partial charge < -0.3 is 15.4 Å². The number of morpholine rings is 1. The smallest absolute Gasteiger partial charge is 0.234 e. The lowest BCUT2D eigenvalue weighted by atomic mass is 10.0. The van der Waals surface area contributed by atoms with Crippen LogP contribution in [-0.2, 0) is 16.1 Å². The molecule has 0 saturated carbocycles. The maximum atomic E-state index is 13.3. The molecule has 1 heterocycles. The molecular weight excluding hydrogens is 381 g/mol. The Labute approximate surface area is 169 Å². The second-order valence-electron chi connectivity index (χ2n) is 6.71. The zero-order valence-electron chi connectivity index (χ0n) is 15.7. The monoisotopic (exact) mass is 405 g/mol. The van der Waals surface area contributed by atoms with E-state index >= 15 is 0 Å². The van der Waals surface area contributed by atoms with E-state index in [1.165, 1.54) is 12.1 Å². The van der Waals surface area contributed by atoms with Crippen molar-refractivity contribution in [3.8, 4) is 0 Å². The molecule has 5 nitrogen and oxygen atoms in total. The number of nitrogens with one attached hydrogen (secondary N) is 2. The molecule has 0 radical (unpaired) electrons. The van der Waals surface area contributed by atoms with Gasteiger partial charge in [0.25, 0.3) is 0 Å². The molecule has 0 spiro atoms. The second kappa shape index (κ2) is 10.5. The quantitative estimate of drug-likeness (QED) is 0.709. The molecule has 28 heavy (non-hydrogen) atoms. The first-order chi connectivity index (χ1) is 13.6. The minimum Gasteiger partial charge on any atom is -0.379 e. The van der Waals surface area contributed by atoms with E-state index in [1.807, 2.05) is 18.2 Å². The van der Waals surface area contributed by atoms with Crippen LogP contribution in [0.3, 0.4) is 0 Å². The van der Waals surface area contributed by atoms with Gasteiger partial charge in [-0.2, -0.15) is 0 Å². The molecule has 1 amide bonds. The summed E-state index contributed by atoms with van der Waals surface area (Å²) in [5.41, 5.74) is 1.90. The van der Waals surface area contributed by atoms with Crippen LogP contribution in [0.15, 0.2) is 48.5 Å². The van der Waals surface area contributed by atoms with Crippen molar-refractivity contribution in [2.24, 2.45) is 0 Å². The molecule has 3 rings (SSSR count). The molecule has 1 unspecified atom stereocenters. The van der Waals surface area contributed by atoms with E-state index in [2.05, 4.69) is 15.5 Å². The van der Waals surface area contributed by atoms with Crippen molar-refractivity contribution >= 4 is 17.5 Å². The molecule has 1 atom stereocenters. The van der Waals surface area contributed by atoms with Crippen LogP contribution < -0.4 is 10.6 Å². The van der Waals surface area contributed by atoms with E-state index in [1.54, 1.807) is 18.2 Å². The number of amides is 1. The van der Waals surface area contributed by atoms with E-state index in [9.17, 15) is 9.18 Å². The Kier molecular flexibility index (Phi) is 7.80. The topological polar surface area (TPSA) is 53.6 Å². The minimum atomic E-state index is -0.253. The van der Waals surface area contributed by atoms with Crippen LogP contribution in [0.4, 0.5) is 4.39 Å². The first-order valence-corrected chi connectivity index (χ1v) is 9.79. The van der Waals surface area contributed by atoms with Gasteiger partial charge in [0.05, 0.1) is 19.8 Å². The molecule has 150 valence electrons. The summed E-state index contributed by atoms with van der Waals surface area (Å²) in [7, 11) is 0. The summed E-state index contributed by atoms with van der Waals surface area (Å²) < 4.78 is 18.7. The Morgan fingerprint density at radius 2 is 1.86 bits per heavy atom. The summed E-state index contributed by atoms with van der Waals surface area (Å²) in [6.07, 6.45) is 0. The molecule has 1 aliphatic rings. The number of hydrogen-bond donors (Lipinski definition) is 2. The van der Waals surface area contributed by atoms with Gasteiger partial charge in [-0.25, -0.2) is 4.39 Å². The van der Waals surface area contributed by atoms with Gasteiger partial charge in [0.15, 0.2) is 0 Å². The summed E-state index contributed by atoms with van der Waals surface area (Å²) in [4.78, 5) is 14.5. The van der Waals surface area contributed by atoms with Crippen LogP contribution in [0.2, 0.25) is 5.02 Å². The lowest BCUT2D eigenvalue weighted by molar-refractivity contribution is -0.120. The summed E-state index contributed by atoms with van der Waals surface area (Å²) in [6.45, 7) is 4.15. The van der Waals surface area contributed by atoms with Crippen LogP contribution in [0.25, 0.3) is 0 Å². The van der Waals surface area contributed by atoms with E-state index in [-0.39, 0.29) is 24.3 Å². The third-order valence-electron chi connectivity index (χ3n) is 4.80. The van der Waals surface area contributed by atoms with Crippen molar-refractivity contribution in [2.45, 2.75) is 12.6 Å². The normalized spacial score (nSPS) is 15.9. The summed E-state index contributed by atoms with van der Waals surface area (Å²) in [6, 6.07) is 14.0. The fourth-order valence-corrected chi connectivity index (χ4v) is 3.45. The highest BCUT2D eigenvalue weighted by Crippen LogP contribution is 2.21. The Morgan fingerprint density at radius 3 is 2.57 bits per heavy atom. The SMILES string of the molecule is O=C(CNCC(c1ccc(F)cc1)N1CCOCC1)NCc1ccccc1Cl. The van der Waals surface area contributed by atoms with E-state index < -0.39 is 0 Å². The van der Waals surface area contributed by atoms with Crippen LogP contribution in [0, 0.1) is 5.82 Å². The Balaban J connectivity index is 1.52. The van der Waals surface area contributed by atoms with Gasteiger partial charge in [-0.3, -0.25) is 9.69 Å². The van der Waals surface area contributed by atoms with Crippen LogP contribution >= 0.6 is 11.6 Å². The maximum absolute atomic E-state index is 13.3. The van der Waals surface area contributed by atoms with Crippen molar-refractivity contribution in [2.75, 3.05) is 39.4 Å². The van der Waals surface area contributed by atoms with Gasteiger partial charge in [0.1, 0.15) is 5.82 Å². The minimum absolute atomic E-state index is 0.0564. The standard InChI is InChI=1S/C21H25ClFN3O2/c22-19-4-2-1-3-17(19)13-25-21(27)15-24-14-20(26-9-11-28-12-10-26)16-5-7-18(23)8-6-16/h1-8,20,24H,9-15H2,(H,25,27). The zero-order valence-corrected chi connectivity index (χ0v) is 16.4. The number of carbonyl (C=O) groups excluding carboxylic acids is 1. The zero-order chi connectivity index (χ0) is 19.8. The molecule has 7 heteroatoms. The van der Waals surface area contributed by atoms with E-state index in [0.29, 0.717) is 31.3 Å². The molecule has 2 N–H and O–H groups in total. The predicted molar refractivity (Wildman–Crippen MR) is 108 cm³/mol. The number of halogens is 2. The van der Waals surface area contributed by atoms with Gasteiger partial charge in [-0.05, 0) is 29.3 Å². The molecule has 1 fully saturated rings. The van der Waals surface area contributed by atoms with Gasteiger partial charge in [0, 0.05) is 37.2 Å². The molecule has 2 aromatic carbocycles. The van der Waals surface area contributed by atoms with Gasteiger partial charge >= 0.3 is 0 Å². The Morgan fingerprint density at radius 1 is 1.14 bits per heavy atom. The lowest BCUT2D eigenvalue weighted by Gasteiger charge is -2.35. The first-order valence-electron chi connectivity index (χ1n) is 9.41. The average molecular weight is 406 g/mol. The fourth-order valence-electron chi connectivity index (χ4n) is 3.25. The fraction of sp³-hybridized carbons (Fsp3) is 0.381. The number of hydrogen-bond acceptors (Lipinski definition) is 4. The lowest BCUT2D eigenvalue weighted by Crippen LogP contribution is -2.44. The third kappa shape index (κ3) is 6.01. The Bertz CT molecular complexity index is 767. The number of ether oxygens (including phenoxy) is 1. The molecule has 2 aromatic rings. The third-order valence-corrected chi connectivity index (χ3v) is 5.17. The molecule has 1 saturated heterocycles. The number of carbonyl (C=O) groups is 1. The van der Waals surface area contributed by atoms with Crippen molar-refractivity contribution in [3.05, 3.63) is 70.5 Å². The van der Waals surface area contributed by atoms with Crippen molar-refractivity contribution in [1.29, 1.82) is 0 Å². The average Bonchev–Trinajstić information content (AvgIpc) is 2.72. The van der Waals surface area contributed by atoms with Crippen LogP contribution in [-0.4, -0.2) is 50.2 Å². The summed E-state index contributed by atoms with van der Waals surface area (Å²) in [5, 5.41) is 6.73. The summed E-state index contributed by atoms with van der Waals surface area (Å²) >= 11 is 6.11. The number of rotatable bonds is 8. The largest absolute Gasteiger partial charge is 0.379 e. The molecule has 0 aromatic heterocycles. The van der Waals surface area contributed by atoms with Gasteiger partial charge in [-0.15, -0.1) is 0 Å². The van der Waals surface area contributed by atoms with Crippen LogP contribution in [0.5, 0.6) is 0 Å². The van der Waals surface area contributed by atoms with Crippen molar-refractivity contribution in [1.82, 2.24) is 15.5 Å². The van der Waals surface area contributed by atoms with Gasteiger partial charge in [0.2, 0.25) is 5.91 Å². The van der Waals surface area contributed by atoms with Crippen LogP contribution in [0.1, 0.15) is 17.2 Å². The second-order valence-corrected chi connectivity index (χ2v) is 7.12. The van der Waals surface area contributed by atoms with Crippen molar-refractivity contribution in [3.63, 3.8) is 0 Å². The molecule has 0 aliphatic carbocycles. The molecule has 0 bridgehead atoms. The predicted octanol–water partition coefficient (Wildman–Crippen LogP) is 2.76. The highest BCUT2D eigenvalue weighted by Gasteiger charge is 2.22. The highest BCUT2D eigenvalue weighted by molar-refractivity contribution is 6.31. The van der Waals surface area contributed by atoms with E-state index in [4.69, 9.17) is 16.3 Å². The van der Waals surface area contributed by atoms with Crippen molar-refractivity contribution < 1.29 is 13.9 Å². The maximum Gasteiger partial charge on any atom is 0.234 e. The summed E-state index contributed by atoms with van der Waals surface area (Å²) in [5.74, 6) is -0.351.